The zero-order valence-electron chi connectivity index (χ0n) is 11.0. The van der Waals surface area contributed by atoms with Crippen LogP contribution in [0.25, 0.3) is 10.8 Å². The number of amides is 1. The number of carbonyl (C=O) groups excluding carboxylic acids is 1. The van der Waals surface area contributed by atoms with E-state index < -0.39 is 5.97 Å². The first-order chi connectivity index (χ1) is 9.56. The van der Waals surface area contributed by atoms with Crippen molar-refractivity contribution in [1.29, 1.82) is 0 Å². The number of hydrogen-bond acceptors (Lipinski definition) is 2. The first-order valence-electron chi connectivity index (χ1n) is 6.00. The van der Waals surface area contributed by atoms with Crippen LogP contribution in [0.3, 0.4) is 0 Å². The quantitative estimate of drug-likeness (QED) is 0.868. The molecular weight excluding hydrogens is 254 g/mol. The first-order valence-corrected chi connectivity index (χ1v) is 6.00. The smallest absolute Gasteiger partial charge is 0.336 e. The Labute approximate surface area is 116 Å². The lowest BCUT2D eigenvalue weighted by Crippen LogP contribution is -2.27. The molecule has 4 nitrogen and oxygen atoms in total. The summed E-state index contributed by atoms with van der Waals surface area (Å²) in [6.45, 7) is 0.171. The van der Waals surface area contributed by atoms with Crippen LogP contribution in [0.4, 0.5) is 0 Å². The minimum atomic E-state index is -1.06. The Morgan fingerprint density at radius 2 is 1.80 bits per heavy atom. The molecule has 0 saturated heterocycles. The first kappa shape index (κ1) is 13.6. The van der Waals surface area contributed by atoms with Crippen LogP contribution in [0, 0.1) is 12.3 Å². The van der Waals surface area contributed by atoms with Gasteiger partial charge in [0, 0.05) is 18.0 Å². The maximum Gasteiger partial charge on any atom is 0.336 e. The highest BCUT2D eigenvalue weighted by atomic mass is 16.4. The van der Waals surface area contributed by atoms with Crippen LogP contribution in [-0.2, 0) is 0 Å². The second-order valence-electron chi connectivity index (χ2n) is 4.38. The van der Waals surface area contributed by atoms with Gasteiger partial charge in [0.05, 0.1) is 12.1 Å². The minimum absolute atomic E-state index is 0.112. The van der Waals surface area contributed by atoms with Crippen molar-refractivity contribution in [3.05, 3.63) is 47.5 Å². The summed E-state index contributed by atoms with van der Waals surface area (Å²) in [7, 11) is 1.59. The molecule has 0 unspecified atom stereocenters. The van der Waals surface area contributed by atoms with Crippen LogP contribution in [0.15, 0.2) is 36.4 Å². The van der Waals surface area contributed by atoms with Gasteiger partial charge < -0.3 is 10.0 Å². The van der Waals surface area contributed by atoms with E-state index in [4.69, 9.17) is 6.42 Å². The van der Waals surface area contributed by atoms with Crippen molar-refractivity contribution in [3.63, 3.8) is 0 Å². The number of hydrogen-bond donors (Lipinski definition) is 1. The van der Waals surface area contributed by atoms with Gasteiger partial charge in [0.25, 0.3) is 5.91 Å². The summed E-state index contributed by atoms with van der Waals surface area (Å²) in [6.07, 6.45) is 5.20. The van der Waals surface area contributed by atoms with Gasteiger partial charge in [-0.05, 0) is 17.5 Å². The number of carboxylic acids is 1. The van der Waals surface area contributed by atoms with Gasteiger partial charge in [0.1, 0.15) is 0 Å². The van der Waals surface area contributed by atoms with Crippen LogP contribution < -0.4 is 0 Å². The van der Waals surface area contributed by atoms with Gasteiger partial charge in [-0.15, -0.1) is 6.42 Å². The van der Waals surface area contributed by atoms with E-state index in [0.717, 1.165) is 0 Å². The molecule has 0 spiro atoms. The average Bonchev–Trinajstić information content (AvgIpc) is 2.45. The largest absolute Gasteiger partial charge is 0.478 e. The number of carboxylic acid groups (broad SMARTS) is 1. The second kappa shape index (κ2) is 5.45. The molecule has 4 heteroatoms. The normalized spacial score (nSPS) is 10.0. The Bertz CT molecular complexity index is 723. The van der Waals surface area contributed by atoms with E-state index in [-0.39, 0.29) is 18.0 Å². The van der Waals surface area contributed by atoms with E-state index in [1.165, 1.54) is 11.0 Å². The standard InChI is InChI=1S/C16H13NO3/c1-3-10-17(2)15(18)12-8-4-6-11-7-5-9-13(14(11)12)16(19)20/h1,4-9H,10H2,2H3,(H,19,20). The van der Waals surface area contributed by atoms with Gasteiger partial charge in [0.2, 0.25) is 0 Å². The lowest BCUT2D eigenvalue weighted by molar-refractivity contribution is 0.0699. The third-order valence-electron chi connectivity index (χ3n) is 3.04. The van der Waals surface area contributed by atoms with Crippen LogP contribution in [0.2, 0.25) is 0 Å². The molecule has 2 aromatic rings. The van der Waals surface area contributed by atoms with Gasteiger partial charge in [-0.1, -0.05) is 30.2 Å². The molecule has 0 aliphatic carbocycles. The molecule has 1 amide bonds. The van der Waals surface area contributed by atoms with Crippen molar-refractivity contribution in [2.24, 2.45) is 0 Å². The summed E-state index contributed by atoms with van der Waals surface area (Å²) in [5.74, 6) is 1.04. The van der Waals surface area contributed by atoms with Crippen LogP contribution in [0.1, 0.15) is 20.7 Å². The molecule has 0 fully saturated rings. The lowest BCUT2D eigenvalue weighted by atomic mass is 9.98. The van der Waals surface area contributed by atoms with Gasteiger partial charge in [-0.2, -0.15) is 0 Å². The highest BCUT2D eigenvalue weighted by Gasteiger charge is 2.18. The van der Waals surface area contributed by atoms with Crippen molar-refractivity contribution in [2.75, 3.05) is 13.6 Å². The molecule has 0 bridgehead atoms. The maximum atomic E-state index is 12.4. The Morgan fingerprint density at radius 3 is 2.35 bits per heavy atom. The zero-order valence-corrected chi connectivity index (χ0v) is 11.0. The van der Waals surface area contributed by atoms with Crippen LogP contribution >= 0.6 is 0 Å². The summed E-state index contributed by atoms with van der Waals surface area (Å²) < 4.78 is 0. The zero-order chi connectivity index (χ0) is 14.7. The minimum Gasteiger partial charge on any atom is -0.478 e. The summed E-state index contributed by atoms with van der Waals surface area (Å²) >= 11 is 0. The molecule has 0 radical (unpaired) electrons. The Kier molecular flexibility index (Phi) is 3.72. The molecule has 1 N–H and O–H groups in total. The summed E-state index contributed by atoms with van der Waals surface area (Å²) in [4.78, 5) is 25.1. The highest BCUT2D eigenvalue weighted by Crippen LogP contribution is 2.24. The molecular formula is C16H13NO3. The van der Waals surface area contributed by atoms with Gasteiger partial charge >= 0.3 is 5.97 Å². The molecule has 0 aliphatic heterocycles. The fourth-order valence-electron chi connectivity index (χ4n) is 2.11. The van der Waals surface area contributed by atoms with Crippen molar-refractivity contribution >= 4 is 22.6 Å². The van der Waals surface area contributed by atoms with Gasteiger partial charge in [-0.3, -0.25) is 4.79 Å². The van der Waals surface area contributed by atoms with E-state index in [2.05, 4.69) is 5.92 Å². The summed E-state index contributed by atoms with van der Waals surface area (Å²) in [6, 6.07) is 10.0. The Morgan fingerprint density at radius 1 is 1.20 bits per heavy atom. The second-order valence-corrected chi connectivity index (χ2v) is 4.38. The molecule has 20 heavy (non-hydrogen) atoms. The third kappa shape index (κ3) is 2.34. The predicted molar refractivity (Wildman–Crippen MR) is 76.7 cm³/mol. The van der Waals surface area contributed by atoms with Crippen molar-refractivity contribution in [2.45, 2.75) is 0 Å². The van der Waals surface area contributed by atoms with Crippen LogP contribution in [-0.4, -0.2) is 35.5 Å². The number of benzene rings is 2. The van der Waals surface area contributed by atoms with Crippen molar-refractivity contribution in [3.8, 4) is 12.3 Å². The molecule has 0 aliphatic rings. The Balaban J connectivity index is 2.68. The molecule has 2 rings (SSSR count). The molecule has 0 saturated carbocycles. The third-order valence-corrected chi connectivity index (χ3v) is 3.04. The molecule has 0 aromatic heterocycles. The number of fused-ring (bicyclic) bond motifs is 1. The number of aromatic carboxylic acids is 1. The highest BCUT2D eigenvalue weighted by molar-refractivity contribution is 6.14. The monoisotopic (exact) mass is 267 g/mol. The maximum absolute atomic E-state index is 12.4. The van der Waals surface area contributed by atoms with E-state index in [0.29, 0.717) is 16.3 Å². The van der Waals surface area contributed by atoms with Crippen molar-refractivity contribution in [1.82, 2.24) is 4.90 Å². The number of rotatable bonds is 3. The van der Waals surface area contributed by atoms with Crippen molar-refractivity contribution < 1.29 is 14.7 Å². The molecule has 2 aromatic carbocycles. The average molecular weight is 267 g/mol. The summed E-state index contributed by atoms with van der Waals surface area (Å²) in [5.41, 5.74) is 0.457. The van der Waals surface area contributed by atoms with Gasteiger partial charge in [0.15, 0.2) is 0 Å². The van der Waals surface area contributed by atoms with E-state index >= 15 is 0 Å². The fourth-order valence-corrected chi connectivity index (χ4v) is 2.11. The Hall–Kier alpha value is -2.80. The topological polar surface area (TPSA) is 57.6 Å². The molecule has 100 valence electrons. The fraction of sp³-hybridized carbons (Fsp3) is 0.125. The summed E-state index contributed by atoms with van der Waals surface area (Å²) in [5, 5.41) is 10.4. The molecule has 0 heterocycles. The number of terminal acetylenes is 1. The number of nitrogens with zero attached hydrogens (tertiary/aromatic N) is 1. The molecule has 0 atom stereocenters. The van der Waals surface area contributed by atoms with E-state index in [1.54, 1.807) is 37.4 Å². The van der Waals surface area contributed by atoms with E-state index in [9.17, 15) is 14.7 Å². The van der Waals surface area contributed by atoms with Gasteiger partial charge in [-0.25, -0.2) is 4.79 Å². The van der Waals surface area contributed by atoms with E-state index in [1.807, 2.05) is 0 Å². The number of carbonyl (C=O) groups is 2. The van der Waals surface area contributed by atoms with Crippen LogP contribution in [0.5, 0.6) is 0 Å². The lowest BCUT2D eigenvalue weighted by Gasteiger charge is -2.16. The SMILES string of the molecule is C#CCN(C)C(=O)c1cccc2cccc(C(=O)O)c12. The predicted octanol–water partition coefficient (Wildman–Crippen LogP) is 2.24.